The standard InChI is InChI=1S/C17H28N2O/c1-13(2)18-11-14-8-9-17(20-4)15(10-14)12-19(3)16-6-5-7-16/h8-10,13,16,18H,5-7,11-12H2,1-4H3. The average molecular weight is 276 g/mol. The highest BCUT2D eigenvalue weighted by Gasteiger charge is 2.22. The van der Waals surface area contributed by atoms with Gasteiger partial charge in [-0.25, -0.2) is 0 Å². The first-order chi connectivity index (χ1) is 9.60. The molecule has 1 saturated carbocycles. The van der Waals surface area contributed by atoms with Gasteiger partial charge in [0.1, 0.15) is 5.75 Å². The number of nitrogens with one attached hydrogen (secondary N) is 1. The second-order valence-electron chi connectivity index (χ2n) is 6.18. The van der Waals surface area contributed by atoms with Crippen molar-refractivity contribution in [3.05, 3.63) is 29.3 Å². The zero-order valence-electron chi connectivity index (χ0n) is 13.3. The number of methoxy groups -OCH3 is 1. The second-order valence-corrected chi connectivity index (χ2v) is 6.18. The normalized spacial score (nSPS) is 15.7. The number of nitrogens with zero attached hydrogens (tertiary/aromatic N) is 1. The van der Waals surface area contributed by atoms with Gasteiger partial charge in [-0.1, -0.05) is 26.3 Å². The van der Waals surface area contributed by atoms with Gasteiger partial charge in [0.05, 0.1) is 7.11 Å². The van der Waals surface area contributed by atoms with Crippen LogP contribution in [-0.2, 0) is 13.1 Å². The Morgan fingerprint density at radius 1 is 1.35 bits per heavy atom. The molecule has 1 aliphatic carbocycles. The van der Waals surface area contributed by atoms with Gasteiger partial charge in [-0.15, -0.1) is 0 Å². The Kier molecular flexibility index (Phi) is 5.44. The largest absolute Gasteiger partial charge is 0.496 e. The number of hydrogen-bond acceptors (Lipinski definition) is 3. The molecule has 20 heavy (non-hydrogen) atoms. The van der Waals surface area contributed by atoms with Crippen molar-refractivity contribution in [3.63, 3.8) is 0 Å². The van der Waals surface area contributed by atoms with E-state index in [0.29, 0.717) is 6.04 Å². The summed E-state index contributed by atoms with van der Waals surface area (Å²) in [5.74, 6) is 1.00. The van der Waals surface area contributed by atoms with E-state index in [9.17, 15) is 0 Å². The van der Waals surface area contributed by atoms with Crippen molar-refractivity contribution >= 4 is 0 Å². The lowest BCUT2D eigenvalue weighted by Crippen LogP contribution is -2.36. The summed E-state index contributed by atoms with van der Waals surface area (Å²) < 4.78 is 5.51. The fourth-order valence-electron chi connectivity index (χ4n) is 2.61. The molecule has 0 unspecified atom stereocenters. The van der Waals surface area contributed by atoms with Gasteiger partial charge in [-0.2, -0.15) is 0 Å². The van der Waals surface area contributed by atoms with Gasteiger partial charge >= 0.3 is 0 Å². The Bertz CT molecular complexity index is 427. The molecule has 0 radical (unpaired) electrons. The Morgan fingerprint density at radius 3 is 2.65 bits per heavy atom. The topological polar surface area (TPSA) is 24.5 Å². The van der Waals surface area contributed by atoms with Crippen molar-refractivity contribution in [2.45, 2.75) is 58.3 Å². The third-order valence-electron chi connectivity index (χ3n) is 4.18. The highest BCUT2D eigenvalue weighted by molar-refractivity contribution is 5.37. The summed E-state index contributed by atoms with van der Waals surface area (Å²) in [4.78, 5) is 2.46. The Balaban J connectivity index is 2.05. The minimum Gasteiger partial charge on any atom is -0.496 e. The Morgan fingerprint density at radius 2 is 2.10 bits per heavy atom. The minimum absolute atomic E-state index is 0.512. The fraction of sp³-hybridized carbons (Fsp3) is 0.647. The van der Waals surface area contributed by atoms with E-state index in [0.717, 1.165) is 24.9 Å². The predicted molar refractivity (Wildman–Crippen MR) is 84.1 cm³/mol. The van der Waals surface area contributed by atoms with Gasteiger partial charge in [0, 0.05) is 30.7 Å². The molecular formula is C17H28N2O. The van der Waals surface area contributed by atoms with Crippen LogP contribution in [0, 0.1) is 0 Å². The van der Waals surface area contributed by atoms with Crippen LogP contribution in [0.1, 0.15) is 44.2 Å². The molecule has 1 aromatic rings. The predicted octanol–water partition coefficient (Wildman–Crippen LogP) is 3.18. The molecule has 0 bridgehead atoms. The summed E-state index contributed by atoms with van der Waals surface area (Å²) in [6.45, 7) is 6.24. The van der Waals surface area contributed by atoms with E-state index >= 15 is 0 Å². The smallest absolute Gasteiger partial charge is 0.123 e. The Hall–Kier alpha value is -1.06. The van der Waals surface area contributed by atoms with E-state index < -0.39 is 0 Å². The van der Waals surface area contributed by atoms with E-state index in [1.165, 1.54) is 30.4 Å². The van der Waals surface area contributed by atoms with Crippen LogP contribution in [0.2, 0.25) is 0 Å². The van der Waals surface area contributed by atoms with Crippen molar-refractivity contribution in [1.29, 1.82) is 0 Å². The van der Waals surface area contributed by atoms with E-state index in [-0.39, 0.29) is 0 Å². The minimum atomic E-state index is 0.512. The van der Waals surface area contributed by atoms with Crippen molar-refractivity contribution in [3.8, 4) is 5.75 Å². The van der Waals surface area contributed by atoms with Crippen LogP contribution in [0.3, 0.4) is 0 Å². The van der Waals surface area contributed by atoms with Crippen LogP contribution in [0.15, 0.2) is 18.2 Å². The van der Waals surface area contributed by atoms with Gasteiger partial charge in [0.15, 0.2) is 0 Å². The fourth-order valence-corrected chi connectivity index (χ4v) is 2.61. The molecule has 0 spiro atoms. The molecule has 1 aliphatic rings. The van der Waals surface area contributed by atoms with E-state index in [4.69, 9.17) is 4.74 Å². The van der Waals surface area contributed by atoms with Crippen LogP contribution >= 0.6 is 0 Å². The quantitative estimate of drug-likeness (QED) is 0.828. The van der Waals surface area contributed by atoms with Crippen LogP contribution in [-0.4, -0.2) is 31.1 Å². The SMILES string of the molecule is COc1ccc(CNC(C)C)cc1CN(C)C1CCC1. The van der Waals surface area contributed by atoms with Gasteiger partial charge in [0.25, 0.3) is 0 Å². The maximum absolute atomic E-state index is 5.51. The van der Waals surface area contributed by atoms with E-state index in [1.807, 2.05) is 0 Å². The van der Waals surface area contributed by atoms with Gasteiger partial charge in [-0.3, -0.25) is 4.90 Å². The zero-order valence-corrected chi connectivity index (χ0v) is 13.3. The summed E-state index contributed by atoms with van der Waals surface area (Å²) in [7, 11) is 3.98. The maximum atomic E-state index is 5.51. The highest BCUT2D eigenvalue weighted by Crippen LogP contribution is 2.27. The van der Waals surface area contributed by atoms with Crippen molar-refractivity contribution in [1.82, 2.24) is 10.2 Å². The molecular weight excluding hydrogens is 248 g/mol. The Labute approximate surface area is 123 Å². The summed E-state index contributed by atoms with van der Waals surface area (Å²) in [6.07, 6.45) is 4.06. The first kappa shape index (κ1) is 15.3. The molecule has 3 nitrogen and oxygen atoms in total. The molecule has 0 aliphatic heterocycles. The van der Waals surface area contributed by atoms with Crippen LogP contribution in [0.4, 0.5) is 0 Å². The summed E-state index contributed by atoms with van der Waals surface area (Å²) in [5, 5.41) is 3.47. The molecule has 0 heterocycles. The summed E-state index contributed by atoms with van der Waals surface area (Å²) >= 11 is 0. The van der Waals surface area contributed by atoms with Gasteiger partial charge in [-0.05, 0) is 37.6 Å². The average Bonchev–Trinajstić information content (AvgIpc) is 2.34. The molecule has 1 aromatic carbocycles. The highest BCUT2D eigenvalue weighted by atomic mass is 16.5. The monoisotopic (exact) mass is 276 g/mol. The molecule has 1 N–H and O–H groups in total. The lowest BCUT2D eigenvalue weighted by Gasteiger charge is -2.35. The number of hydrogen-bond donors (Lipinski definition) is 1. The first-order valence-electron chi connectivity index (χ1n) is 7.69. The molecule has 2 rings (SSSR count). The third-order valence-corrected chi connectivity index (χ3v) is 4.18. The van der Waals surface area contributed by atoms with Crippen LogP contribution in [0.25, 0.3) is 0 Å². The molecule has 0 saturated heterocycles. The maximum Gasteiger partial charge on any atom is 0.123 e. The lowest BCUT2D eigenvalue weighted by atomic mass is 9.91. The van der Waals surface area contributed by atoms with Crippen LogP contribution < -0.4 is 10.1 Å². The van der Waals surface area contributed by atoms with Crippen LogP contribution in [0.5, 0.6) is 5.75 Å². The number of ether oxygens (including phenoxy) is 1. The molecule has 3 heteroatoms. The van der Waals surface area contributed by atoms with E-state index in [2.05, 4.69) is 49.3 Å². The van der Waals surface area contributed by atoms with Crippen molar-refractivity contribution < 1.29 is 4.74 Å². The molecule has 0 atom stereocenters. The first-order valence-corrected chi connectivity index (χ1v) is 7.69. The lowest BCUT2D eigenvalue weighted by molar-refractivity contribution is 0.151. The molecule has 1 fully saturated rings. The third kappa shape index (κ3) is 3.97. The second kappa shape index (κ2) is 7.09. The van der Waals surface area contributed by atoms with Gasteiger partial charge in [0.2, 0.25) is 0 Å². The van der Waals surface area contributed by atoms with Crippen molar-refractivity contribution in [2.24, 2.45) is 0 Å². The van der Waals surface area contributed by atoms with Gasteiger partial charge < -0.3 is 10.1 Å². The molecule has 0 amide bonds. The number of rotatable bonds is 7. The summed E-state index contributed by atoms with van der Waals surface area (Å²) in [5.41, 5.74) is 2.63. The van der Waals surface area contributed by atoms with E-state index in [1.54, 1.807) is 7.11 Å². The van der Waals surface area contributed by atoms with Crippen molar-refractivity contribution in [2.75, 3.05) is 14.2 Å². The molecule has 0 aromatic heterocycles. The number of benzene rings is 1. The zero-order chi connectivity index (χ0) is 14.5. The summed E-state index contributed by atoms with van der Waals surface area (Å²) in [6, 6.07) is 7.81. The molecule has 112 valence electrons.